The first-order valence-electron chi connectivity index (χ1n) is 4.44. The predicted octanol–water partition coefficient (Wildman–Crippen LogP) is 0.955. The molecule has 1 heterocycles. The molecule has 0 aliphatic rings. The summed E-state index contributed by atoms with van der Waals surface area (Å²) in [6.07, 6.45) is 8.07. The molecule has 0 unspecified atom stereocenters. The lowest BCUT2D eigenvalue weighted by atomic mass is 10.4. The monoisotopic (exact) mass is 215 g/mol. The Hall–Kier alpha value is -0.970. The normalized spacial score (nSPS) is 8.79. The van der Waals surface area contributed by atoms with E-state index in [1.807, 2.05) is 10.8 Å². The average molecular weight is 215 g/mol. The topological polar surface area (TPSA) is 46.9 Å². The Bertz CT molecular complexity index is 236. The van der Waals surface area contributed by atoms with Crippen LogP contribution in [0.3, 0.4) is 0 Å². The van der Waals surface area contributed by atoms with Gasteiger partial charge in [-0.25, -0.2) is 4.98 Å². The summed E-state index contributed by atoms with van der Waals surface area (Å²) in [5.41, 5.74) is 0. The molecule has 1 rings (SSSR count). The number of nitrogens with one attached hydrogen (secondary N) is 1. The van der Waals surface area contributed by atoms with E-state index in [-0.39, 0.29) is 5.91 Å². The minimum atomic E-state index is 0.0284. The van der Waals surface area contributed by atoms with Gasteiger partial charge in [-0.3, -0.25) is 4.79 Å². The highest BCUT2D eigenvalue weighted by molar-refractivity contribution is 7.79. The number of carbonyl (C=O) groups excluding carboxylic acids is 1. The van der Waals surface area contributed by atoms with Crippen molar-refractivity contribution in [2.24, 2.45) is 0 Å². The van der Waals surface area contributed by atoms with Crippen LogP contribution in [0, 0.1) is 0 Å². The highest BCUT2D eigenvalue weighted by atomic mass is 32.1. The molecule has 1 aromatic heterocycles. The van der Waals surface area contributed by atoms with Crippen molar-refractivity contribution in [1.82, 2.24) is 14.9 Å². The van der Waals surface area contributed by atoms with E-state index >= 15 is 0 Å². The van der Waals surface area contributed by atoms with E-state index in [1.165, 1.54) is 6.92 Å². The van der Waals surface area contributed by atoms with Gasteiger partial charge in [-0.2, -0.15) is 12.6 Å². The van der Waals surface area contributed by atoms with Crippen LogP contribution in [-0.4, -0.2) is 28.3 Å². The van der Waals surface area contributed by atoms with Crippen LogP contribution in [0.4, 0.5) is 0 Å². The van der Waals surface area contributed by atoms with Gasteiger partial charge in [0, 0.05) is 32.4 Å². The zero-order valence-electron chi connectivity index (χ0n) is 8.60. The van der Waals surface area contributed by atoms with Gasteiger partial charge < -0.3 is 9.88 Å². The number of rotatable bonds is 4. The molecule has 0 radical (unpaired) electrons. The third-order valence-electron chi connectivity index (χ3n) is 1.53. The van der Waals surface area contributed by atoms with E-state index in [9.17, 15) is 4.79 Å². The van der Waals surface area contributed by atoms with Gasteiger partial charge in [0.25, 0.3) is 0 Å². The molecule has 0 fully saturated rings. The fourth-order valence-electron chi connectivity index (χ4n) is 0.945. The third-order valence-corrected chi connectivity index (χ3v) is 1.53. The number of thiol groups is 1. The molecule has 0 aliphatic heterocycles. The maximum Gasteiger partial charge on any atom is 0.216 e. The first kappa shape index (κ1) is 13.0. The lowest BCUT2D eigenvalue weighted by molar-refractivity contribution is -0.118. The molecule has 14 heavy (non-hydrogen) atoms. The van der Waals surface area contributed by atoms with Crippen LogP contribution in [0.15, 0.2) is 18.7 Å². The Balaban J connectivity index is 0.000000791. The molecule has 0 saturated carbocycles. The molecule has 0 spiro atoms. The van der Waals surface area contributed by atoms with Crippen LogP contribution in [-0.2, 0) is 11.3 Å². The molecular weight excluding hydrogens is 198 g/mol. The quantitative estimate of drug-likeness (QED) is 0.580. The van der Waals surface area contributed by atoms with Crippen LogP contribution in [0.1, 0.15) is 13.3 Å². The zero-order valence-corrected chi connectivity index (χ0v) is 9.50. The van der Waals surface area contributed by atoms with E-state index in [0.29, 0.717) is 0 Å². The maximum atomic E-state index is 10.5. The van der Waals surface area contributed by atoms with E-state index in [1.54, 1.807) is 18.8 Å². The number of amides is 1. The molecule has 0 saturated heterocycles. The Labute approximate surface area is 90.1 Å². The fourth-order valence-corrected chi connectivity index (χ4v) is 0.945. The van der Waals surface area contributed by atoms with Crippen molar-refractivity contribution >= 4 is 18.5 Å². The van der Waals surface area contributed by atoms with Gasteiger partial charge in [-0.15, -0.1) is 0 Å². The second-order valence-electron chi connectivity index (χ2n) is 2.64. The molecule has 1 N–H and O–H groups in total. The van der Waals surface area contributed by atoms with Crippen molar-refractivity contribution in [1.29, 1.82) is 0 Å². The van der Waals surface area contributed by atoms with Gasteiger partial charge in [0.05, 0.1) is 6.33 Å². The Kier molecular flexibility index (Phi) is 8.02. The SMILES string of the molecule is CC(=O)NCCCn1ccnc1.CS. The van der Waals surface area contributed by atoms with Gasteiger partial charge >= 0.3 is 0 Å². The number of imidazole rings is 1. The Morgan fingerprint density at radius 1 is 1.57 bits per heavy atom. The van der Waals surface area contributed by atoms with Crippen molar-refractivity contribution in [3.63, 3.8) is 0 Å². The van der Waals surface area contributed by atoms with E-state index in [4.69, 9.17) is 0 Å². The van der Waals surface area contributed by atoms with E-state index < -0.39 is 0 Å². The summed E-state index contributed by atoms with van der Waals surface area (Å²) in [5, 5.41) is 2.74. The van der Waals surface area contributed by atoms with Crippen molar-refractivity contribution in [2.75, 3.05) is 12.8 Å². The van der Waals surface area contributed by atoms with Crippen molar-refractivity contribution in [3.05, 3.63) is 18.7 Å². The molecule has 1 amide bonds. The standard InChI is InChI=1S/C8H13N3O.CH4S/c1-8(12)10-3-2-5-11-6-4-9-7-11;1-2/h4,6-7H,2-3,5H2,1H3,(H,10,12);2H,1H3. The van der Waals surface area contributed by atoms with Crippen molar-refractivity contribution in [3.8, 4) is 0 Å². The van der Waals surface area contributed by atoms with E-state index in [0.717, 1.165) is 19.5 Å². The second kappa shape index (κ2) is 8.62. The number of hydrogen-bond donors (Lipinski definition) is 2. The summed E-state index contributed by atoms with van der Waals surface area (Å²) in [7, 11) is 0. The van der Waals surface area contributed by atoms with E-state index in [2.05, 4.69) is 22.9 Å². The minimum absolute atomic E-state index is 0.0284. The average Bonchev–Trinajstić information content (AvgIpc) is 2.68. The van der Waals surface area contributed by atoms with Gasteiger partial charge in [0.2, 0.25) is 5.91 Å². The molecular formula is C9H17N3OS. The lowest BCUT2D eigenvalue weighted by Crippen LogP contribution is -2.21. The summed E-state index contributed by atoms with van der Waals surface area (Å²) in [4.78, 5) is 14.4. The van der Waals surface area contributed by atoms with Crippen LogP contribution in [0.2, 0.25) is 0 Å². The van der Waals surface area contributed by atoms with Gasteiger partial charge in [-0.05, 0) is 12.7 Å². The van der Waals surface area contributed by atoms with Gasteiger partial charge in [0.1, 0.15) is 0 Å². The van der Waals surface area contributed by atoms with Crippen LogP contribution in [0.25, 0.3) is 0 Å². The highest BCUT2D eigenvalue weighted by Crippen LogP contribution is 1.88. The molecule has 0 atom stereocenters. The molecule has 4 nitrogen and oxygen atoms in total. The second-order valence-corrected chi connectivity index (χ2v) is 2.64. The van der Waals surface area contributed by atoms with Crippen molar-refractivity contribution < 1.29 is 4.79 Å². The smallest absolute Gasteiger partial charge is 0.216 e. The maximum absolute atomic E-state index is 10.5. The number of nitrogens with zero attached hydrogens (tertiary/aromatic N) is 2. The molecule has 80 valence electrons. The Morgan fingerprint density at radius 2 is 2.29 bits per heavy atom. The first-order chi connectivity index (χ1) is 6.79. The van der Waals surface area contributed by atoms with Gasteiger partial charge in [0.15, 0.2) is 0 Å². The van der Waals surface area contributed by atoms with Crippen molar-refractivity contribution in [2.45, 2.75) is 19.9 Å². The van der Waals surface area contributed by atoms with Crippen LogP contribution < -0.4 is 5.32 Å². The summed E-state index contributed by atoms with van der Waals surface area (Å²) >= 11 is 3.53. The number of carbonyl (C=O) groups is 1. The summed E-state index contributed by atoms with van der Waals surface area (Å²) in [5.74, 6) is 0.0284. The van der Waals surface area contributed by atoms with Crippen LogP contribution >= 0.6 is 12.6 Å². The molecule has 5 heteroatoms. The highest BCUT2D eigenvalue weighted by Gasteiger charge is 1.91. The summed E-state index contributed by atoms with van der Waals surface area (Å²) in [6, 6.07) is 0. The number of hydrogen-bond acceptors (Lipinski definition) is 3. The molecule has 0 aliphatic carbocycles. The zero-order chi connectivity index (χ0) is 10.8. The minimum Gasteiger partial charge on any atom is -0.356 e. The lowest BCUT2D eigenvalue weighted by Gasteiger charge is -2.02. The fraction of sp³-hybridized carbons (Fsp3) is 0.556. The van der Waals surface area contributed by atoms with Crippen LogP contribution in [0.5, 0.6) is 0 Å². The first-order valence-corrected chi connectivity index (χ1v) is 5.33. The largest absolute Gasteiger partial charge is 0.356 e. The van der Waals surface area contributed by atoms with Gasteiger partial charge in [-0.1, -0.05) is 0 Å². The Morgan fingerprint density at radius 3 is 2.79 bits per heavy atom. The predicted molar refractivity (Wildman–Crippen MR) is 60.4 cm³/mol. The molecule has 1 aromatic rings. The molecule has 0 aromatic carbocycles. The summed E-state index contributed by atoms with van der Waals surface area (Å²) in [6.45, 7) is 3.16. The third kappa shape index (κ3) is 6.54. The molecule has 0 bridgehead atoms. The summed E-state index contributed by atoms with van der Waals surface area (Å²) < 4.78 is 1.99. The number of aryl methyl sites for hydroxylation is 1. The number of aromatic nitrogens is 2.